The maximum Gasteiger partial charge on any atom is 0.262 e. The molecule has 108 valence electrons. The largest absolute Gasteiger partial charge is 0.394 e. The number of hydrogen-bond acceptors (Lipinski definition) is 5. The Hall–Kier alpha value is -1.73. The lowest BCUT2D eigenvalue weighted by Gasteiger charge is -2.13. The van der Waals surface area contributed by atoms with Crippen molar-refractivity contribution < 1.29 is 9.90 Å². The van der Waals surface area contributed by atoms with Gasteiger partial charge < -0.3 is 15.0 Å². The number of aliphatic hydroxyl groups is 1. The maximum absolute atomic E-state index is 12.2. The standard InChI is InChI=1S/C13H17N3O3S/c1-4-8(5-17)15-11(18)10-7(2)9-12(20-10)14-6-16(3)13(9)19/h6,8,17H,4-5H2,1-3H3,(H,15,18). The van der Waals surface area contributed by atoms with E-state index in [0.29, 0.717) is 27.1 Å². The molecule has 20 heavy (non-hydrogen) atoms. The molecule has 0 saturated carbocycles. The van der Waals surface area contributed by atoms with Gasteiger partial charge in [-0.05, 0) is 18.9 Å². The van der Waals surface area contributed by atoms with Crippen molar-refractivity contribution in [2.45, 2.75) is 26.3 Å². The summed E-state index contributed by atoms with van der Waals surface area (Å²) in [5.74, 6) is -0.270. The van der Waals surface area contributed by atoms with Crippen LogP contribution in [0.2, 0.25) is 0 Å². The van der Waals surface area contributed by atoms with E-state index in [9.17, 15) is 9.59 Å². The lowest BCUT2D eigenvalue weighted by atomic mass is 10.2. The average molecular weight is 295 g/mol. The summed E-state index contributed by atoms with van der Waals surface area (Å²) in [6.07, 6.45) is 2.09. The fourth-order valence-electron chi connectivity index (χ4n) is 1.95. The maximum atomic E-state index is 12.2. The molecule has 0 aromatic carbocycles. The van der Waals surface area contributed by atoms with Crippen molar-refractivity contribution in [3.63, 3.8) is 0 Å². The molecule has 1 unspecified atom stereocenters. The first-order chi connectivity index (χ1) is 9.49. The smallest absolute Gasteiger partial charge is 0.262 e. The molecule has 2 aromatic rings. The number of nitrogens with zero attached hydrogens (tertiary/aromatic N) is 2. The van der Waals surface area contributed by atoms with Crippen molar-refractivity contribution in [3.05, 3.63) is 27.1 Å². The molecule has 6 nitrogen and oxygen atoms in total. The molecule has 0 aliphatic heterocycles. The van der Waals surface area contributed by atoms with E-state index in [2.05, 4.69) is 10.3 Å². The molecule has 0 spiro atoms. The van der Waals surface area contributed by atoms with Crippen LogP contribution in [0.3, 0.4) is 0 Å². The van der Waals surface area contributed by atoms with Gasteiger partial charge in [-0.3, -0.25) is 9.59 Å². The molecule has 0 aliphatic rings. The van der Waals surface area contributed by atoms with Crippen molar-refractivity contribution >= 4 is 27.5 Å². The predicted molar refractivity (Wildman–Crippen MR) is 78.2 cm³/mol. The molecule has 2 N–H and O–H groups in total. The Bertz CT molecular complexity index is 701. The van der Waals surface area contributed by atoms with Gasteiger partial charge in [0.2, 0.25) is 0 Å². The van der Waals surface area contributed by atoms with Crippen LogP contribution in [0, 0.1) is 6.92 Å². The number of carbonyl (C=O) groups is 1. The van der Waals surface area contributed by atoms with Gasteiger partial charge in [0.25, 0.3) is 11.5 Å². The van der Waals surface area contributed by atoms with E-state index in [1.807, 2.05) is 6.92 Å². The highest BCUT2D eigenvalue weighted by molar-refractivity contribution is 7.20. The van der Waals surface area contributed by atoms with Crippen molar-refractivity contribution in [3.8, 4) is 0 Å². The number of aryl methyl sites for hydroxylation is 2. The number of carbonyl (C=O) groups excluding carboxylic acids is 1. The first-order valence-corrected chi connectivity index (χ1v) is 7.17. The number of aromatic nitrogens is 2. The van der Waals surface area contributed by atoms with E-state index >= 15 is 0 Å². The number of nitrogens with one attached hydrogen (secondary N) is 1. The molecule has 0 aliphatic carbocycles. The second kappa shape index (κ2) is 5.72. The molecule has 0 saturated heterocycles. The second-order valence-electron chi connectivity index (χ2n) is 4.66. The third kappa shape index (κ3) is 2.46. The second-order valence-corrected chi connectivity index (χ2v) is 5.66. The molecular weight excluding hydrogens is 278 g/mol. The van der Waals surface area contributed by atoms with Crippen LogP contribution in [-0.4, -0.2) is 33.2 Å². The Morgan fingerprint density at radius 3 is 2.90 bits per heavy atom. The van der Waals surface area contributed by atoms with E-state index in [1.54, 1.807) is 14.0 Å². The van der Waals surface area contributed by atoms with Gasteiger partial charge in [0, 0.05) is 7.05 Å². The van der Waals surface area contributed by atoms with Crippen LogP contribution < -0.4 is 10.9 Å². The first kappa shape index (κ1) is 14.7. The van der Waals surface area contributed by atoms with Crippen molar-refractivity contribution in [2.24, 2.45) is 7.05 Å². The fraction of sp³-hybridized carbons (Fsp3) is 0.462. The zero-order valence-electron chi connectivity index (χ0n) is 11.6. The number of rotatable bonds is 4. The topological polar surface area (TPSA) is 84.2 Å². The summed E-state index contributed by atoms with van der Waals surface area (Å²) < 4.78 is 1.40. The summed E-state index contributed by atoms with van der Waals surface area (Å²) in [5.41, 5.74) is 0.487. The molecule has 2 aromatic heterocycles. The molecule has 2 rings (SSSR count). The molecule has 7 heteroatoms. The summed E-state index contributed by atoms with van der Waals surface area (Å²) in [6, 6.07) is -0.275. The zero-order valence-corrected chi connectivity index (χ0v) is 12.5. The van der Waals surface area contributed by atoms with E-state index in [-0.39, 0.29) is 24.1 Å². The van der Waals surface area contributed by atoms with Crippen molar-refractivity contribution in [1.82, 2.24) is 14.9 Å². The van der Waals surface area contributed by atoms with Crippen molar-refractivity contribution in [2.75, 3.05) is 6.61 Å². The highest BCUT2D eigenvalue weighted by Crippen LogP contribution is 2.26. The number of thiophene rings is 1. The number of hydrogen-bond donors (Lipinski definition) is 2. The van der Waals surface area contributed by atoms with Crippen LogP contribution in [0.1, 0.15) is 28.6 Å². The monoisotopic (exact) mass is 295 g/mol. The summed E-state index contributed by atoms with van der Waals surface area (Å²) in [6.45, 7) is 3.53. The predicted octanol–water partition coefficient (Wildman–Crippen LogP) is 0.804. The number of aliphatic hydroxyl groups excluding tert-OH is 1. The summed E-state index contributed by atoms with van der Waals surface area (Å²) >= 11 is 1.20. The molecule has 0 fully saturated rings. The summed E-state index contributed by atoms with van der Waals surface area (Å²) in [7, 11) is 1.63. The normalized spacial score (nSPS) is 12.6. The van der Waals surface area contributed by atoms with Crippen molar-refractivity contribution in [1.29, 1.82) is 0 Å². The Balaban J connectivity index is 2.46. The molecular formula is C13H17N3O3S. The summed E-state index contributed by atoms with van der Waals surface area (Å²) in [5, 5.41) is 12.4. The first-order valence-electron chi connectivity index (χ1n) is 6.36. The minimum atomic E-state index is -0.275. The van der Waals surface area contributed by atoms with Gasteiger partial charge in [0.15, 0.2) is 0 Å². The van der Waals surface area contributed by atoms with E-state index in [0.717, 1.165) is 0 Å². The minimum absolute atomic E-state index is 0.105. The van der Waals surface area contributed by atoms with Gasteiger partial charge >= 0.3 is 0 Å². The van der Waals surface area contributed by atoms with Crippen LogP contribution in [0.5, 0.6) is 0 Å². The lowest BCUT2D eigenvalue weighted by Crippen LogP contribution is -2.36. The number of amides is 1. The Morgan fingerprint density at radius 2 is 2.30 bits per heavy atom. The average Bonchev–Trinajstić information content (AvgIpc) is 2.78. The zero-order chi connectivity index (χ0) is 14.9. The quantitative estimate of drug-likeness (QED) is 0.874. The van der Waals surface area contributed by atoms with E-state index in [1.165, 1.54) is 22.2 Å². The molecule has 0 bridgehead atoms. The number of fused-ring (bicyclic) bond motifs is 1. The van der Waals surface area contributed by atoms with Crippen LogP contribution in [0.15, 0.2) is 11.1 Å². The van der Waals surface area contributed by atoms with Gasteiger partial charge in [-0.15, -0.1) is 11.3 Å². The minimum Gasteiger partial charge on any atom is -0.394 e. The van der Waals surface area contributed by atoms with E-state index < -0.39 is 0 Å². The highest BCUT2D eigenvalue weighted by Gasteiger charge is 2.20. The molecule has 1 atom stereocenters. The van der Waals surface area contributed by atoms with Gasteiger partial charge in [-0.25, -0.2) is 4.98 Å². The van der Waals surface area contributed by atoms with Crippen LogP contribution >= 0.6 is 11.3 Å². The molecule has 2 heterocycles. The van der Waals surface area contributed by atoms with E-state index in [4.69, 9.17) is 5.11 Å². The Morgan fingerprint density at radius 1 is 1.60 bits per heavy atom. The highest BCUT2D eigenvalue weighted by atomic mass is 32.1. The van der Waals surface area contributed by atoms with Gasteiger partial charge in [0.1, 0.15) is 4.83 Å². The fourth-order valence-corrected chi connectivity index (χ4v) is 3.00. The summed E-state index contributed by atoms with van der Waals surface area (Å²) in [4.78, 5) is 29.5. The van der Waals surface area contributed by atoms with Gasteiger partial charge in [-0.1, -0.05) is 6.92 Å². The third-order valence-electron chi connectivity index (χ3n) is 3.27. The lowest BCUT2D eigenvalue weighted by molar-refractivity contribution is 0.0918. The third-order valence-corrected chi connectivity index (χ3v) is 4.46. The molecule has 1 amide bonds. The van der Waals surface area contributed by atoms with Gasteiger partial charge in [0.05, 0.1) is 29.2 Å². The van der Waals surface area contributed by atoms with Crippen LogP contribution in [0.25, 0.3) is 10.2 Å². The van der Waals surface area contributed by atoms with Crippen LogP contribution in [-0.2, 0) is 7.05 Å². The SMILES string of the molecule is CCC(CO)NC(=O)c1sc2ncn(C)c(=O)c2c1C. The van der Waals surface area contributed by atoms with Crippen LogP contribution in [0.4, 0.5) is 0 Å². The molecule has 0 radical (unpaired) electrons. The Labute approximate surface area is 120 Å². The van der Waals surface area contributed by atoms with Gasteiger partial charge in [-0.2, -0.15) is 0 Å². The Kier molecular flexibility index (Phi) is 4.20.